The SMILES string of the molecule is CC1=CC2=C(C=CC=CC2)/C1=C1\C(=O)C(c2c3cccccc-3c(C(=O)CCC(=O)O)c2C)=C1O. The maximum absolute atomic E-state index is 13.6. The summed E-state index contributed by atoms with van der Waals surface area (Å²) in [6.45, 7) is 3.69. The lowest BCUT2D eigenvalue weighted by Gasteiger charge is -2.25. The van der Waals surface area contributed by atoms with Crippen LogP contribution >= 0.6 is 0 Å². The van der Waals surface area contributed by atoms with Crippen LogP contribution in [0.15, 0.2) is 94.3 Å². The molecule has 5 rings (SSSR count). The van der Waals surface area contributed by atoms with Gasteiger partial charge in [-0.25, -0.2) is 0 Å². The first-order valence-electron chi connectivity index (χ1n) is 11.6. The molecule has 0 aromatic heterocycles. The molecule has 0 saturated carbocycles. The number of fused-ring (bicyclic) bond motifs is 1. The minimum absolute atomic E-state index is 0.0665. The van der Waals surface area contributed by atoms with E-state index in [-0.39, 0.29) is 35.7 Å². The summed E-state index contributed by atoms with van der Waals surface area (Å²) in [4.78, 5) is 37.7. The molecule has 0 amide bonds. The number of carbonyl (C=O) groups excluding carboxylic acids is 2. The van der Waals surface area contributed by atoms with Crippen LogP contribution in [0.3, 0.4) is 0 Å². The average Bonchev–Trinajstić information content (AvgIpc) is 3.06. The maximum Gasteiger partial charge on any atom is 0.303 e. The van der Waals surface area contributed by atoms with Crippen molar-refractivity contribution >= 4 is 23.1 Å². The predicted molar refractivity (Wildman–Crippen MR) is 134 cm³/mol. The number of Topliss-reactive ketones (excluding diaryl/α,β-unsaturated/α-hetero) is 2. The highest BCUT2D eigenvalue weighted by molar-refractivity contribution is 6.41. The first-order chi connectivity index (χ1) is 16.8. The summed E-state index contributed by atoms with van der Waals surface area (Å²) >= 11 is 0. The zero-order valence-corrected chi connectivity index (χ0v) is 19.5. The Hall–Kier alpha value is -4.25. The van der Waals surface area contributed by atoms with Crippen LogP contribution in [0.1, 0.15) is 47.7 Å². The number of allylic oxidation sites excluding steroid dienone is 11. The van der Waals surface area contributed by atoms with E-state index in [0.717, 1.165) is 28.7 Å². The lowest BCUT2D eigenvalue weighted by Crippen LogP contribution is -2.24. The second-order valence-electron chi connectivity index (χ2n) is 8.99. The Bertz CT molecular complexity index is 1490. The van der Waals surface area contributed by atoms with Crippen LogP contribution in [0.2, 0.25) is 0 Å². The van der Waals surface area contributed by atoms with E-state index in [9.17, 15) is 19.5 Å². The average molecular weight is 465 g/mol. The van der Waals surface area contributed by atoms with Crippen LogP contribution in [-0.2, 0) is 9.59 Å². The van der Waals surface area contributed by atoms with Gasteiger partial charge in [0.1, 0.15) is 5.76 Å². The van der Waals surface area contributed by atoms with Gasteiger partial charge in [-0.3, -0.25) is 14.4 Å². The first kappa shape index (κ1) is 22.5. The van der Waals surface area contributed by atoms with Crippen molar-refractivity contribution in [3.63, 3.8) is 0 Å². The third-order valence-electron chi connectivity index (χ3n) is 6.85. The summed E-state index contributed by atoms with van der Waals surface area (Å²) < 4.78 is 0. The summed E-state index contributed by atoms with van der Waals surface area (Å²) in [7, 11) is 0. The van der Waals surface area contributed by atoms with Gasteiger partial charge in [-0.15, -0.1) is 0 Å². The molecule has 5 heteroatoms. The van der Waals surface area contributed by atoms with Crippen molar-refractivity contribution in [1.29, 1.82) is 0 Å². The van der Waals surface area contributed by atoms with Gasteiger partial charge in [-0.2, -0.15) is 0 Å². The Morgan fingerprint density at radius 3 is 2.40 bits per heavy atom. The van der Waals surface area contributed by atoms with Crippen LogP contribution in [0.5, 0.6) is 0 Å². The normalized spacial score (nSPS) is 19.1. The fourth-order valence-corrected chi connectivity index (χ4v) is 5.31. The van der Waals surface area contributed by atoms with E-state index < -0.39 is 5.97 Å². The molecule has 0 radical (unpaired) electrons. The topological polar surface area (TPSA) is 91.7 Å². The smallest absolute Gasteiger partial charge is 0.303 e. The van der Waals surface area contributed by atoms with Gasteiger partial charge in [0, 0.05) is 17.5 Å². The van der Waals surface area contributed by atoms with Crippen molar-refractivity contribution in [3.05, 3.63) is 111 Å². The number of rotatable bonds is 5. The molecule has 2 N–H and O–H groups in total. The van der Waals surface area contributed by atoms with Crippen molar-refractivity contribution < 1.29 is 24.6 Å². The second-order valence-corrected chi connectivity index (χ2v) is 8.99. The predicted octanol–water partition coefficient (Wildman–Crippen LogP) is 6.07. The molecule has 5 aliphatic carbocycles. The van der Waals surface area contributed by atoms with Gasteiger partial charge in [0.2, 0.25) is 5.78 Å². The maximum atomic E-state index is 13.6. The first-order valence-corrected chi connectivity index (χ1v) is 11.6. The Morgan fingerprint density at radius 1 is 0.943 bits per heavy atom. The van der Waals surface area contributed by atoms with Gasteiger partial charge in [-0.1, -0.05) is 60.7 Å². The van der Waals surface area contributed by atoms with Crippen LogP contribution in [-0.4, -0.2) is 27.7 Å². The third-order valence-corrected chi connectivity index (χ3v) is 6.85. The number of aliphatic hydroxyl groups is 1. The molecule has 0 aliphatic heterocycles. The standard InChI is InChI=1S/C30H24O5/c1-16-15-18-9-5-3-6-10-19(18)24(16)27-29(34)28(30(27)35)26-17(2)25(22(31)13-14-23(32)33)20-11-7-4-8-12-21(20)26/h3-8,10-12,15,34H,9,13-14H2,1-2H3,(H,32,33)/b27-24-. The van der Waals surface area contributed by atoms with Crippen LogP contribution in [0, 0.1) is 6.92 Å². The number of ketones is 2. The summed E-state index contributed by atoms with van der Waals surface area (Å²) in [6.07, 6.45) is 10.3. The summed E-state index contributed by atoms with van der Waals surface area (Å²) in [5.41, 5.74) is 7.10. The largest absolute Gasteiger partial charge is 0.506 e. The molecule has 0 atom stereocenters. The molecule has 174 valence electrons. The molecular weight excluding hydrogens is 440 g/mol. The van der Waals surface area contributed by atoms with Gasteiger partial charge in [0.05, 0.1) is 17.6 Å². The molecule has 0 unspecified atom stereocenters. The fraction of sp³-hybridized carbons (Fsp3) is 0.167. The number of carboxylic acid groups (broad SMARTS) is 1. The van der Waals surface area contributed by atoms with Crippen molar-refractivity contribution in [1.82, 2.24) is 0 Å². The number of aliphatic hydroxyl groups excluding tert-OH is 1. The molecule has 0 aromatic carbocycles. The molecule has 0 bridgehead atoms. The summed E-state index contributed by atoms with van der Waals surface area (Å²) in [6, 6.07) is 9.07. The monoisotopic (exact) mass is 464 g/mol. The molecular formula is C30H24O5. The lowest BCUT2D eigenvalue weighted by molar-refractivity contribution is -0.137. The van der Waals surface area contributed by atoms with Crippen molar-refractivity contribution in [2.45, 2.75) is 33.1 Å². The zero-order valence-electron chi connectivity index (χ0n) is 19.5. The molecule has 5 aliphatic rings. The molecule has 0 heterocycles. The van der Waals surface area contributed by atoms with Crippen LogP contribution in [0.4, 0.5) is 0 Å². The van der Waals surface area contributed by atoms with E-state index in [4.69, 9.17) is 5.11 Å². The minimum Gasteiger partial charge on any atom is -0.506 e. The van der Waals surface area contributed by atoms with E-state index in [1.165, 1.54) is 0 Å². The Labute approximate surface area is 203 Å². The summed E-state index contributed by atoms with van der Waals surface area (Å²) in [5.74, 6) is -1.66. The molecule has 35 heavy (non-hydrogen) atoms. The van der Waals surface area contributed by atoms with Gasteiger partial charge in [0.15, 0.2) is 5.78 Å². The highest BCUT2D eigenvalue weighted by Crippen LogP contribution is 2.50. The lowest BCUT2D eigenvalue weighted by atomic mass is 9.77. The highest BCUT2D eigenvalue weighted by Gasteiger charge is 2.42. The number of carboxylic acids is 1. The van der Waals surface area contributed by atoms with Crippen LogP contribution < -0.4 is 0 Å². The number of hydrogen-bond acceptors (Lipinski definition) is 4. The van der Waals surface area contributed by atoms with Gasteiger partial charge >= 0.3 is 5.97 Å². The van der Waals surface area contributed by atoms with E-state index in [2.05, 4.69) is 12.2 Å². The number of hydrogen-bond donors (Lipinski definition) is 2. The summed E-state index contributed by atoms with van der Waals surface area (Å²) in [5, 5.41) is 20.3. The van der Waals surface area contributed by atoms with E-state index >= 15 is 0 Å². The number of carbonyl (C=O) groups is 3. The van der Waals surface area contributed by atoms with Gasteiger partial charge in [-0.05, 0) is 59.3 Å². The molecule has 0 spiro atoms. The molecule has 0 fully saturated rings. The van der Waals surface area contributed by atoms with Crippen LogP contribution in [0.25, 0.3) is 16.7 Å². The van der Waals surface area contributed by atoms with Crippen molar-refractivity contribution in [2.75, 3.05) is 0 Å². The highest BCUT2D eigenvalue weighted by atomic mass is 16.4. The van der Waals surface area contributed by atoms with E-state index in [1.807, 2.05) is 43.4 Å². The molecule has 0 saturated heterocycles. The van der Waals surface area contributed by atoms with E-state index in [1.54, 1.807) is 19.1 Å². The molecule has 5 nitrogen and oxygen atoms in total. The second kappa shape index (κ2) is 8.51. The Morgan fingerprint density at radius 2 is 1.69 bits per heavy atom. The van der Waals surface area contributed by atoms with Crippen molar-refractivity contribution in [3.8, 4) is 11.1 Å². The Balaban J connectivity index is 1.68. The number of aliphatic carboxylic acids is 1. The van der Waals surface area contributed by atoms with E-state index in [0.29, 0.717) is 33.4 Å². The zero-order chi connectivity index (χ0) is 24.9. The third kappa shape index (κ3) is 3.51. The fourth-order valence-electron chi connectivity index (χ4n) is 5.31. The van der Waals surface area contributed by atoms with Gasteiger partial charge < -0.3 is 10.2 Å². The quantitative estimate of drug-likeness (QED) is 0.414. The molecule has 0 aromatic rings. The van der Waals surface area contributed by atoms with Gasteiger partial charge in [0.25, 0.3) is 0 Å². The van der Waals surface area contributed by atoms with Crippen molar-refractivity contribution in [2.24, 2.45) is 0 Å². The minimum atomic E-state index is -1.04. The Kier molecular flexibility index (Phi) is 5.48.